The number of thiophene rings is 1. The molecule has 0 bridgehead atoms. The van der Waals surface area contributed by atoms with Gasteiger partial charge in [0.05, 0.1) is 22.8 Å². The third kappa shape index (κ3) is 4.79. The summed E-state index contributed by atoms with van der Waals surface area (Å²) in [5.74, 6) is -0.268. The van der Waals surface area contributed by atoms with E-state index in [0.29, 0.717) is 26.5 Å². The van der Waals surface area contributed by atoms with Gasteiger partial charge in [0, 0.05) is 9.90 Å². The maximum Gasteiger partial charge on any atom is 0.341 e. The van der Waals surface area contributed by atoms with E-state index >= 15 is 0 Å². The Morgan fingerprint density at radius 1 is 1.28 bits per heavy atom. The van der Waals surface area contributed by atoms with Crippen molar-refractivity contribution in [2.45, 2.75) is 47.0 Å². The third-order valence-electron chi connectivity index (χ3n) is 5.37. The second-order valence-electron chi connectivity index (χ2n) is 8.31. The molecule has 1 amide bonds. The fraction of sp³-hybridized carbons (Fsp3) is 0.455. The van der Waals surface area contributed by atoms with E-state index in [1.54, 1.807) is 19.1 Å². The van der Waals surface area contributed by atoms with Gasteiger partial charge in [-0.05, 0) is 61.3 Å². The largest absolute Gasteiger partial charge is 0.462 e. The minimum absolute atomic E-state index is 0.184. The van der Waals surface area contributed by atoms with Crippen molar-refractivity contribution >= 4 is 51.4 Å². The fourth-order valence-electron chi connectivity index (χ4n) is 3.67. The Morgan fingerprint density at radius 2 is 2.00 bits per heavy atom. The van der Waals surface area contributed by atoms with E-state index in [2.05, 4.69) is 26.1 Å². The number of fused-ring (bicyclic) bond motifs is 1. The molecule has 1 heterocycles. The predicted octanol–water partition coefficient (Wildman–Crippen LogP) is 6.63. The van der Waals surface area contributed by atoms with E-state index in [0.717, 1.165) is 29.7 Å². The molecular weight excluding hydrogens is 429 g/mol. The van der Waals surface area contributed by atoms with Gasteiger partial charge in [-0.1, -0.05) is 44.0 Å². The summed E-state index contributed by atoms with van der Waals surface area (Å²) < 4.78 is 5.29. The quantitative estimate of drug-likeness (QED) is 0.528. The molecule has 1 aliphatic carbocycles. The Morgan fingerprint density at radius 3 is 2.66 bits per heavy atom. The number of nitrogens with one attached hydrogen (secondary N) is 1. The van der Waals surface area contributed by atoms with Crippen LogP contribution in [-0.4, -0.2) is 18.5 Å². The first-order valence-corrected chi connectivity index (χ1v) is 11.3. The number of rotatable bonds is 4. The zero-order valence-electron chi connectivity index (χ0n) is 17.0. The smallest absolute Gasteiger partial charge is 0.341 e. The second-order valence-corrected chi connectivity index (χ2v) is 10.3. The summed E-state index contributed by atoms with van der Waals surface area (Å²) in [5.41, 5.74) is 1.93. The molecule has 7 heteroatoms. The Labute approximate surface area is 185 Å². The fourth-order valence-corrected chi connectivity index (χ4v) is 5.36. The van der Waals surface area contributed by atoms with Crippen molar-refractivity contribution in [3.8, 4) is 0 Å². The maximum atomic E-state index is 12.9. The molecule has 0 saturated carbocycles. The van der Waals surface area contributed by atoms with Gasteiger partial charge in [0.25, 0.3) is 5.91 Å². The van der Waals surface area contributed by atoms with Crippen molar-refractivity contribution in [2.75, 3.05) is 11.9 Å². The topological polar surface area (TPSA) is 55.4 Å². The number of carbonyl (C=O) groups is 2. The van der Waals surface area contributed by atoms with Crippen LogP contribution in [-0.2, 0) is 17.6 Å². The van der Waals surface area contributed by atoms with Crippen molar-refractivity contribution in [1.82, 2.24) is 0 Å². The van der Waals surface area contributed by atoms with Crippen molar-refractivity contribution in [2.24, 2.45) is 11.3 Å². The van der Waals surface area contributed by atoms with Crippen LogP contribution in [0.1, 0.15) is 65.3 Å². The van der Waals surface area contributed by atoms with E-state index < -0.39 is 11.9 Å². The maximum absolute atomic E-state index is 12.9. The van der Waals surface area contributed by atoms with Gasteiger partial charge < -0.3 is 10.1 Å². The van der Waals surface area contributed by atoms with Crippen LogP contribution in [0.25, 0.3) is 0 Å². The van der Waals surface area contributed by atoms with Crippen LogP contribution in [0.15, 0.2) is 18.2 Å². The molecule has 2 aromatic rings. The summed E-state index contributed by atoms with van der Waals surface area (Å²) >= 11 is 13.7. The minimum Gasteiger partial charge on any atom is -0.462 e. The van der Waals surface area contributed by atoms with Crippen molar-refractivity contribution < 1.29 is 14.3 Å². The van der Waals surface area contributed by atoms with Crippen LogP contribution in [0.4, 0.5) is 5.00 Å². The SMILES string of the molecule is CCOC(=O)c1c(NC(=O)c2cc(Cl)ccc2Cl)sc2c1CCC(C(C)(C)C)C2. The number of carbonyl (C=O) groups excluding carboxylic acids is 2. The highest BCUT2D eigenvalue weighted by atomic mass is 35.5. The average Bonchev–Trinajstić information content (AvgIpc) is 3.00. The molecule has 1 atom stereocenters. The number of hydrogen-bond acceptors (Lipinski definition) is 4. The van der Waals surface area contributed by atoms with Gasteiger partial charge in [0.1, 0.15) is 5.00 Å². The zero-order valence-corrected chi connectivity index (χ0v) is 19.4. The summed E-state index contributed by atoms with van der Waals surface area (Å²) in [7, 11) is 0. The monoisotopic (exact) mass is 453 g/mol. The molecule has 29 heavy (non-hydrogen) atoms. The van der Waals surface area contributed by atoms with Crippen LogP contribution in [0.3, 0.4) is 0 Å². The third-order valence-corrected chi connectivity index (χ3v) is 7.10. The van der Waals surface area contributed by atoms with Crippen LogP contribution < -0.4 is 5.32 Å². The highest BCUT2D eigenvalue weighted by Gasteiger charge is 2.34. The van der Waals surface area contributed by atoms with Crippen LogP contribution in [0, 0.1) is 11.3 Å². The van der Waals surface area contributed by atoms with Gasteiger partial charge in [0.2, 0.25) is 0 Å². The lowest BCUT2D eigenvalue weighted by Crippen LogP contribution is -2.26. The number of anilines is 1. The number of hydrogen-bond donors (Lipinski definition) is 1. The van der Waals surface area contributed by atoms with Gasteiger partial charge in [-0.15, -0.1) is 11.3 Å². The molecule has 1 aliphatic rings. The second kappa shape index (κ2) is 8.66. The highest BCUT2D eigenvalue weighted by molar-refractivity contribution is 7.17. The van der Waals surface area contributed by atoms with Gasteiger partial charge in [0.15, 0.2) is 0 Å². The van der Waals surface area contributed by atoms with Crippen LogP contribution >= 0.6 is 34.5 Å². The van der Waals surface area contributed by atoms with Gasteiger partial charge in [-0.3, -0.25) is 4.79 Å². The van der Waals surface area contributed by atoms with E-state index in [4.69, 9.17) is 27.9 Å². The molecule has 1 aromatic heterocycles. The van der Waals surface area contributed by atoms with E-state index in [1.165, 1.54) is 17.4 Å². The lowest BCUT2D eigenvalue weighted by molar-refractivity contribution is 0.0526. The number of ether oxygens (including phenoxy) is 1. The molecule has 0 fully saturated rings. The molecule has 4 nitrogen and oxygen atoms in total. The first-order valence-electron chi connectivity index (χ1n) is 9.69. The molecule has 1 unspecified atom stereocenters. The van der Waals surface area contributed by atoms with Crippen molar-refractivity contribution in [1.29, 1.82) is 0 Å². The molecule has 1 N–H and O–H groups in total. The number of benzene rings is 1. The number of halogens is 2. The standard InChI is InChI=1S/C22H25Cl2NO3S/c1-5-28-21(27)18-14-8-6-12(22(2,3)4)10-17(14)29-20(18)25-19(26)15-11-13(23)7-9-16(15)24/h7,9,11-12H,5-6,8,10H2,1-4H3,(H,25,26). The summed E-state index contributed by atoms with van der Waals surface area (Å²) in [6, 6.07) is 4.73. The lowest BCUT2D eigenvalue weighted by atomic mass is 9.72. The van der Waals surface area contributed by atoms with Gasteiger partial charge in [-0.25, -0.2) is 4.79 Å². The Balaban J connectivity index is 1.97. The molecule has 0 saturated heterocycles. The van der Waals surface area contributed by atoms with E-state index in [1.807, 2.05) is 0 Å². The van der Waals surface area contributed by atoms with Gasteiger partial charge >= 0.3 is 5.97 Å². The normalized spacial score (nSPS) is 16.3. The number of amides is 1. The van der Waals surface area contributed by atoms with Crippen LogP contribution in [0.5, 0.6) is 0 Å². The van der Waals surface area contributed by atoms with Crippen LogP contribution in [0.2, 0.25) is 10.0 Å². The first-order chi connectivity index (χ1) is 13.6. The summed E-state index contributed by atoms with van der Waals surface area (Å²) in [4.78, 5) is 26.7. The Kier molecular flexibility index (Phi) is 6.61. The molecular formula is C22H25Cl2NO3S. The number of esters is 1. The molecule has 156 valence electrons. The molecule has 1 aromatic carbocycles. The Hall–Kier alpha value is -1.56. The molecule has 0 spiro atoms. The predicted molar refractivity (Wildman–Crippen MR) is 120 cm³/mol. The molecule has 0 aliphatic heterocycles. The molecule has 0 radical (unpaired) electrons. The first kappa shape index (κ1) is 22.1. The summed E-state index contributed by atoms with van der Waals surface area (Å²) in [5, 5.41) is 4.12. The minimum atomic E-state index is -0.397. The van der Waals surface area contributed by atoms with Crippen molar-refractivity contribution in [3.63, 3.8) is 0 Å². The summed E-state index contributed by atoms with van der Waals surface area (Å²) in [6.45, 7) is 8.78. The highest BCUT2D eigenvalue weighted by Crippen LogP contribution is 2.44. The Bertz CT molecular complexity index is 946. The summed E-state index contributed by atoms with van der Waals surface area (Å²) in [6.07, 6.45) is 2.70. The molecule has 3 rings (SSSR count). The van der Waals surface area contributed by atoms with E-state index in [-0.39, 0.29) is 17.6 Å². The van der Waals surface area contributed by atoms with Crippen molar-refractivity contribution in [3.05, 3.63) is 49.8 Å². The van der Waals surface area contributed by atoms with Gasteiger partial charge in [-0.2, -0.15) is 0 Å². The van der Waals surface area contributed by atoms with E-state index in [9.17, 15) is 9.59 Å². The average molecular weight is 454 g/mol. The lowest BCUT2D eigenvalue weighted by Gasteiger charge is -2.33. The zero-order chi connectivity index (χ0) is 21.3.